The highest BCUT2D eigenvalue weighted by Crippen LogP contribution is 2.24. The molecule has 100 valence electrons. The Morgan fingerprint density at radius 2 is 2.39 bits per heavy atom. The number of benzene rings is 1. The summed E-state index contributed by atoms with van der Waals surface area (Å²) in [6.07, 6.45) is 1.06. The number of morpholine rings is 1. The van der Waals surface area contributed by atoms with Crippen LogP contribution in [0.25, 0.3) is 0 Å². The van der Waals surface area contributed by atoms with Gasteiger partial charge >= 0.3 is 0 Å². The third-order valence-corrected chi connectivity index (χ3v) is 3.37. The summed E-state index contributed by atoms with van der Waals surface area (Å²) in [7, 11) is 1.68. The van der Waals surface area contributed by atoms with Crippen LogP contribution in [0.3, 0.4) is 0 Å². The van der Waals surface area contributed by atoms with Gasteiger partial charge in [0.25, 0.3) is 0 Å². The van der Waals surface area contributed by atoms with E-state index in [0.717, 1.165) is 43.0 Å². The van der Waals surface area contributed by atoms with Gasteiger partial charge in [0.2, 0.25) is 0 Å². The van der Waals surface area contributed by atoms with Gasteiger partial charge in [-0.2, -0.15) is 0 Å². The van der Waals surface area contributed by atoms with E-state index in [2.05, 4.69) is 11.4 Å². The molecule has 0 spiro atoms. The highest BCUT2D eigenvalue weighted by atomic mass is 16.5. The van der Waals surface area contributed by atoms with Crippen LogP contribution in [-0.4, -0.2) is 32.9 Å². The zero-order chi connectivity index (χ0) is 13.0. The van der Waals surface area contributed by atoms with Crippen LogP contribution in [0.2, 0.25) is 0 Å². The molecule has 2 atom stereocenters. The summed E-state index contributed by atoms with van der Waals surface area (Å²) in [5.41, 5.74) is 8.50. The van der Waals surface area contributed by atoms with Crippen LogP contribution in [0.5, 0.6) is 5.75 Å². The molecule has 2 rings (SSSR count). The lowest BCUT2D eigenvalue weighted by Gasteiger charge is -2.26. The molecule has 1 aromatic carbocycles. The first kappa shape index (κ1) is 13.3. The molecule has 4 nitrogen and oxygen atoms in total. The summed E-state index contributed by atoms with van der Waals surface area (Å²) in [5.74, 6) is 0.904. The molecule has 0 radical (unpaired) electrons. The van der Waals surface area contributed by atoms with Gasteiger partial charge in [-0.15, -0.1) is 0 Å². The van der Waals surface area contributed by atoms with Crippen molar-refractivity contribution in [3.63, 3.8) is 0 Å². The monoisotopic (exact) mass is 250 g/mol. The van der Waals surface area contributed by atoms with Crippen LogP contribution >= 0.6 is 0 Å². The van der Waals surface area contributed by atoms with Gasteiger partial charge in [-0.05, 0) is 30.5 Å². The lowest BCUT2D eigenvalue weighted by molar-refractivity contribution is 0.0195. The highest BCUT2D eigenvalue weighted by molar-refractivity contribution is 5.37. The van der Waals surface area contributed by atoms with Crippen LogP contribution in [0.4, 0.5) is 0 Å². The molecule has 3 N–H and O–H groups in total. The van der Waals surface area contributed by atoms with E-state index in [1.165, 1.54) is 0 Å². The lowest BCUT2D eigenvalue weighted by atomic mass is 9.99. The van der Waals surface area contributed by atoms with Crippen molar-refractivity contribution in [2.45, 2.75) is 25.5 Å². The fraction of sp³-hybridized carbons (Fsp3) is 0.571. The zero-order valence-electron chi connectivity index (χ0n) is 11.1. The molecule has 1 aromatic rings. The SMILES string of the molecule is COc1ccc(C(N)CC2CNCCO2)cc1C. The normalized spacial score (nSPS) is 21.6. The molecule has 0 aliphatic carbocycles. The number of hydrogen-bond acceptors (Lipinski definition) is 4. The van der Waals surface area contributed by atoms with Gasteiger partial charge in [-0.25, -0.2) is 0 Å². The fourth-order valence-electron chi connectivity index (χ4n) is 2.32. The molecular weight excluding hydrogens is 228 g/mol. The summed E-state index contributed by atoms with van der Waals surface area (Å²) in [4.78, 5) is 0. The van der Waals surface area contributed by atoms with Crippen molar-refractivity contribution in [1.82, 2.24) is 5.32 Å². The Hall–Kier alpha value is -1.10. The van der Waals surface area contributed by atoms with Crippen LogP contribution in [0.1, 0.15) is 23.6 Å². The average Bonchev–Trinajstić information content (AvgIpc) is 2.39. The summed E-state index contributed by atoms with van der Waals surface area (Å²) in [6, 6.07) is 6.12. The summed E-state index contributed by atoms with van der Waals surface area (Å²) in [5, 5.41) is 3.32. The minimum atomic E-state index is 0.0134. The second-order valence-corrected chi connectivity index (χ2v) is 4.77. The number of ether oxygens (including phenoxy) is 2. The number of aryl methyl sites for hydroxylation is 1. The first-order valence-corrected chi connectivity index (χ1v) is 6.43. The third kappa shape index (κ3) is 3.22. The van der Waals surface area contributed by atoms with E-state index < -0.39 is 0 Å². The maximum Gasteiger partial charge on any atom is 0.121 e. The van der Waals surface area contributed by atoms with E-state index >= 15 is 0 Å². The number of nitrogens with one attached hydrogen (secondary N) is 1. The Labute approximate surface area is 108 Å². The van der Waals surface area contributed by atoms with Gasteiger partial charge in [0.15, 0.2) is 0 Å². The van der Waals surface area contributed by atoms with Gasteiger partial charge in [-0.3, -0.25) is 0 Å². The van der Waals surface area contributed by atoms with Crippen molar-refractivity contribution < 1.29 is 9.47 Å². The molecule has 1 heterocycles. The first-order valence-electron chi connectivity index (χ1n) is 6.43. The predicted molar refractivity (Wildman–Crippen MR) is 71.9 cm³/mol. The Bertz CT molecular complexity index is 389. The van der Waals surface area contributed by atoms with E-state index in [4.69, 9.17) is 15.2 Å². The van der Waals surface area contributed by atoms with Gasteiger partial charge in [0.1, 0.15) is 5.75 Å². The Kier molecular flexibility index (Phi) is 4.58. The second kappa shape index (κ2) is 6.18. The topological polar surface area (TPSA) is 56.5 Å². The number of nitrogens with two attached hydrogens (primary N) is 1. The Morgan fingerprint density at radius 1 is 1.56 bits per heavy atom. The Balaban J connectivity index is 1.99. The van der Waals surface area contributed by atoms with Crippen LogP contribution < -0.4 is 15.8 Å². The number of methoxy groups -OCH3 is 1. The van der Waals surface area contributed by atoms with Gasteiger partial charge < -0.3 is 20.5 Å². The number of rotatable bonds is 4. The molecule has 0 bridgehead atoms. The van der Waals surface area contributed by atoms with Crippen molar-refractivity contribution in [1.29, 1.82) is 0 Å². The van der Waals surface area contributed by atoms with E-state index in [1.807, 2.05) is 19.1 Å². The van der Waals surface area contributed by atoms with Crippen molar-refractivity contribution in [2.24, 2.45) is 5.73 Å². The minimum Gasteiger partial charge on any atom is -0.496 e. The largest absolute Gasteiger partial charge is 0.496 e. The molecule has 1 saturated heterocycles. The van der Waals surface area contributed by atoms with Crippen LogP contribution in [0, 0.1) is 6.92 Å². The van der Waals surface area contributed by atoms with Gasteiger partial charge in [-0.1, -0.05) is 12.1 Å². The van der Waals surface area contributed by atoms with Crippen LogP contribution in [-0.2, 0) is 4.74 Å². The van der Waals surface area contributed by atoms with Crippen molar-refractivity contribution >= 4 is 0 Å². The second-order valence-electron chi connectivity index (χ2n) is 4.77. The average molecular weight is 250 g/mol. The lowest BCUT2D eigenvalue weighted by Crippen LogP contribution is -2.40. The fourth-order valence-corrected chi connectivity index (χ4v) is 2.32. The van der Waals surface area contributed by atoms with Crippen LogP contribution in [0.15, 0.2) is 18.2 Å². The standard InChI is InChI=1S/C14H22N2O2/c1-10-7-11(3-4-14(10)17-2)13(15)8-12-9-16-5-6-18-12/h3-4,7,12-13,16H,5-6,8-9,15H2,1-2H3. The minimum absolute atomic E-state index is 0.0134. The molecule has 1 aliphatic rings. The smallest absolute Gasteiger partial charge is 0.121 e. The van der Waals surface area contributed by atoms with Crippen molar-refractivity contribution in [3.05, 3.63) is 29.3 Å². The number of hydrogen-bond donors (Lipinski definition) is 2. The summed E-state index contributed by atoms with van der Waals surface area (Å²) >= 11 is 0. The third-order valence-electron chi connectivity index (χ3n) is 3.37. The Morgan fingerprint density at radius 3 is 3.00 bits per heavy atom. The molecule has 1 aliphatic heterocycles. The van der Waals surface area contributed by atoms with Gasteiger partial charge in [0, 0.05) is 19.1 Å². The summed E-state index contributed by atoms with van der Waals surface area (Å²) in [6.45, 7) is 4.64. The molecule has 18 heavy (non-hydrogen) atoms. The van der Waals surface area contributed by atoms with E-state index in [9.17, 15) is 0 Å². The maximum atomic E-state index is 6.24. The maximum absolute atomic E-state index is 6.24. The van der Waals surface area contributed by atoms with Crippen molar-refractivity contribution in [3.8, 4) is 5.75 Å². The van der Waals surface area contributed by atoms with Gasteiger partial charge in [0.05, 0.1) is 19.8 Å². The van der Waals surface area contributed by atoms with E-state index in [0.29, 0.717) is 0 Å². The molecule has 2 unspecified atom stereocenters. The zero-order valence-corrected chi connectivity index (χ0v) is 11.1. The molecule has 4 heteroatoms. The molecular formula is C14H22N2O2. The molecule has 0 amide bonds. The van der Waals surface area contributed by atoms with Crippen molar-refractivity contribution in [2.75, 3.05) is 26.8 Å². The molecule has 0 saturated carbocycles. The highest BCUT2D eigenvalue weighted by Gasteiger charge is 2.18. The predicted octanol–water partition coefficient (Wildman–Crippen LogP) is 1.38. The quantitative estimate of drug-likeness (QED) is 0.847. The molecule has 0 aromatic heterocycles. The summed E-state index contributed by atoms with van der Waals surface area (Å²) < 4.78 is 10.9. The van der Waals surface area contributed by atoms with E-state index in [1.54, 1.807) is 7.11 Å². The first-order chi connectivity index (χ1) is 8.70. The molecule has 1 fully saturated rings. The van der Waals surface area contributed by atoms with E-state index in [-0.39, 0.29) is 12.1 Å².